The highest BCUT2D eigenvalue weighted by atomic mass is 32.2. The zero-order chi connectivity index (χ0) is 21.9. The number of carbonyl (C=O) groups is 1. The molecule has 30 heavy (non-hydrogen) atoms. The van der Waals surface area contributed by atoms with Crippen molar-refractivity contribution in [3.8, 4) is 10.6 Å². The van der Waals surface area contributed by atoms with E-state index in [4.69, 9.17) is 0 Å². The minimum atomic E-state index is -3.82. The molecule has 158 valence electrons. The molecule has 6 nitrogen and oxygen atoms in total. The van der Waals surface area contributed by atoms with Gasteiger partial charge in [0, 0.05) is 17.5 Å². The predicted octanol–water partition coefficient (Wildman–Crippen LogP) is 4.18. The molecule has 0 aliphatic heterocycles. The third-order valence-corrected chi connectivity index (χ3v) is 7.11. The second-order valence-corrected chi connectivity index (χ2v) is 9.50. The Kier molecular flexibility index (Phi) is 6.64. The van der Waals surface area contributed by atoms with E-state index in [0.717, 1.165) is 16.3 Å². The second kappa shape index (κ2) is 9.03. The van der Waals surface area contributed by atoms with Crippen molar-refractivity contribution in [2.75, 3.05) is 6.54 Å². The fourth-order valence-electron chi connectivity index (χ4n) is 2.91. The molecule has 0 aliphatic rings. The summed E-state index contributed by atoms with van der Waals surface area (Å²) in [5.74, 6) is -1.46. The Hall–Kier alpha value is -2.62. The Labute approximate surface area is 178 Å². The van der Waals surface area contributed by atoms with Crippen molar-refractivity contribution in [2.45, 2.75) is 31.6 Å². The smallest absolute Gasteiger partial charge is 0.336 e. The van der Waals surface area contributed by atoms with E-state index in [0.29, 0.717) is 24.0 Å². The Morgan fingerprint density at radius 3 is 2.57 bits per heavy atom. The molecule has 0 fully saturated rings. The van der Waals surface area contributed by atoms with E-state index in [1.54, 1.807) is 26.0 Å². The summed E-state index contributed by atoms with van der Waals surface area (Å²) in [7, 11) is -3.82. The molecule has 2 aromatic carbocycles. The lowest BCUT2D eigenvalue weighted by Crippen LogP contribution is -2.25. The maximum Gasteiger partial charge on any atom is 0.336 e. The first-order chi connectivity index (χ1) is 14.2. The lowest BCUT2D eigenvalue weighted by Gasteiger charge is -2.11. The molecule has 0 radical (unpaired) electrons. The zero-order valence-corrected chi connectivity index (χ0v) is 18.1. The molecule has 2 N–H and O–H groups in total. The van der Waals surface area contributed by atoms with E-state index in [2.05, 4.69) is 9.71 Å². The average Bonchev–Trinajstić information content (AvgIpc) is 3.16. The molecule has 0 saturated carbocycles. The first-order valence-electron chi connectivity index (χ1n) is 9.22. The summed E-state index contributed by atoms with van der Waals surface area (Å²) in [5, 5.41) is 12.0. The lowest BCUT2D eigenvalue weighted by atomic mass is 10.0. The SMILES string of the molecule is Cc1cc(S(=O)(=O)NCCCc2csc(-c3ccc(F)cc3)n2)cc(C(=O)O)c1C. The van der Waals surface area contributed by atoms with Crippen LogP contribution in [-0.2, 0) is 16.4 Å². The number of sulfonamides is 1. The van der Waals surface area contributed by atoms with Crippen molar-refractivity contribution < 1.29 is 22.7 Å². The monoisotopic (exact) mass is 448 g/mol. The number of thiazole rings is 1. The number of nitrogens with one attached hydrogen (secondary N) is 1. The minimum absolute atomic E-state index is 0.0221. The van der Waals surface area contributed by atoms with Crippen LogP contribution in [0.2, 0.25) is 0 Å². The Bertz CT molecular complexity index is 1170. The molecule has 9 heteroatoms. The third-order valence-electron chi connectivity index (χ3n) is 4.73. The van der Waals surface area contributed by atoms with Crippen molar-refractivity contribution >= 4 is 27.3 Å². The maximum atomic E-state index is 13.0. The maximum absolute atomic E-state index is 13.0. The number of benzene rings is 2. The van der Waals surface area contributed by atoms with Gasteiger partial charge in [-0.05, 0) is 74.2 Å². The van der Waals surface area contributed by atoms with Crippen molar-refractivity contribution in [2.24, 2.45) is 0 Å². The van der Waals surface area contributed by atoms with Crippen LogP contribution in [0.25, 0.3) is 10.6 Å². The summed E-state index contributed by atoms with van der Waals surface area (Å²) in [6, 6.07) is 8.76. The number of hydrogen-bond acceptors (Lipinski definition) is 5. The van der Waals surface area contributed by atoms with E-state index in [1.807, 2.05) is 5.38 Å². The fraction of sp³-hybridized carbons (Fsp3) is 0.238. The van der Waals surface area contributed by atoms with Gasteiger partial charge in [-0.15, -0.1) is 11.3 Å². The van der Waals surface area contributed by atoms with Crippen molar-refractivity contribution in [3.05, 3.63) is 70.0 Å². The van der Waals surface area contributed by atoms with E-state index < -0.39 is 16.0 Å². The zero-order valence-electron chi connectivity index (χ0n) is 16.5. The van der Waals surface area contributed by atoms with E-state index in [-0.39, 0.29) is 22.8 Å². The van der Waals surface area contributed by atoms with Gasteiger partial charge in [0.15, 0.2) is 0 Å². The lowest BCUT2D eigenvalue weighted by molar-refractivity contribution is 0.0695. The summed E-state index contributed by atoms with van der Waals surface area (Å²) >= 11 is 1.45. The molecule has 0 saturated heterocycles. The van der Waals surface area contributed by atoms with Gasteiger partial charge in [0.05, 0.1) is 16.2 Å². The van der Waals surface area contributed by atoms with Crippen molar-refractivity contribution in [1.82, 2.24) is 9.71 Å². The van der Waals surface area contributed by atoms with Gasteiger partial charge in [0.25, 0.3) is 0 Å². The topological polar surface area (TPSA) is 96.4 Å². The molecular formula is C21H21FN2O4S2. The van der Waals surface area contributed by atoms with Crippen LogP contribution in [-0.4, -0.2) is 31.0 Å². The number of rotatable bonds is 8. The predicted molar refractivity (Wildman–Crippen MR) is 114 cm³/mol. The molecule has 0 atom stereocenters. The van der Waals surface area contributed by atoms with E-state index in [1.165, 1.54) is 35.6 Å². The van der Waals surface area contributed by atoms with Gasteiger partial charge in [-0.1, -0.05) is 0 Å². The molecule has 0 unspecified atom stereocenters. The highest BCUT2D eigenvalue weighted by Crippen LogP contribution is 2.24. The number of aryl methyl sites for hydroxylation is 2. The largest absolute Gasteiger partial charge is 0.478 e. The van der Waals surface area contributed by atoms with Gasteiger partial charge in [-0.25, -0.2) is 27.3 Å². The number of nitrogens with zero attached hydrogens (tertiary/aromatic N) is 1. The van der Waals surface area contributed by atoms with Crippen LogP contribution >= 0.6 is 11.3 Å². The van der Waals surface area contributed by atoms with Gasteiger partial charge in [-0.2, -0.15) is 0 Å². The molecule has 1 heterocycles. The summed E-state index contributed by atoms with van der Waals surface area (Å²) in [6.45, 7) is 3.53. The standard InChI is InChI=1S/C21H21FN2O4S2/c1-13-10-18(11-19(14(13)2)21(25)26)30(27,28)23-9-3-4-17-12-29-20(24-17)15-5-7-16(22)8-6-15/h5-8,10-12,23H,3-4,9H2,1-2H3,(H,25,26). The molecule has 0 spiro atoms. The first kappa shape index (κ1) is 22.1. The average molecular weight is 449 g/mol. The summed E-state index contributed by atoms with van der Waals surface area (Å²) in [5.41, 5.74) is 2.79. The Morgan fingerprint density at radius 2 is 1.90 bits per heavy atom. The molecule has 1 aromatic heterocycles. The molecule has 3 aromatic rings. The van der Waals surface area contributed by atoms with Crippen molar-refractivity contribution in [3.63, 3.8) is 0 Å². The van der Waals surface area contributed by atoms with Gasteiger partial charge >= 0.3 is 5.97 Å². The van der Waals surface area contributed by atoms with E-state index >= 15 is 0 Å². The molecule has 0 bridgehead atoms. The second-order valence-electron chi connectivity index (χ2n) is 6.87. The summed E-state index contributed by atoms with van der Waals surface area (Å²) in [6.07, 6.45) is 1.11. The molecule has 0 amide bonds. The summed E-state index contributed by atoms with van der Waals surface area (Å²) < 4.78 is 40.7. The van der Waals surface area contributed by atoms with Crippen LogP contribution in [0.1, 0.15) is 33.6 Å². The van der Waals surface area contributed by atoms with Crippen LogP contribution < -0.4 is 4.72 Å². The van der Waals surface area contributed by atoms with Crippen LogP contribution in [0.15, 0.2) is 46.7 Å². The number of carboxylic acids is 1. The number of halogens is 1. The Balaban J connectivity index is 1.60. The van der Waals surface area contributed by atoms with Gasteiger partial charge in [0.2, 0.25) is 10.0 Å². The highest BCUT2D eigenvalue weighted by Gasteiger charge is 2.19. The highest BCUT2D eigenvalue weighted by molar-refractivity contribution is 7.89. The Morgan fingerprint density at radius 1 is 1.20 bits per heavy atom. The number of aromatic nitrogens is 1. The quantitative estimate of drug-likeness (QED) is 0.504. The normalized spacial score (nSPS) is 11.6. The van der Waals surface area contributed by atoms with E-state index in [9.17, 15) is 22.7 Å². The first-order valence-corrected chi connectivity index (χ1v) is 11.6. The van der Waals surface area contributed by atoms with Gasteiger partial charge in [-0.3, -0.25) is 0 Å². The number of aromatic carboxylic acids is 1. The third kappa shape index (κ3) is 5.10. The molecular weight excluding hydrogens is 427 g/mol. The van der Waals surface area contributed by atoms with Crippen molar-refractivity contribution in [1.29, 1.82) is 0 Å². The summed E-state index contributed by atoms with van der Waals surface area (Å²) in [4.78, 5) is 15.8. The van der Waals surface area contributed by atoms with Gasteiger partial charge in [0.1, 0.15) is 10.8 Å². The van der Waals surface area contributed by atoms with Crippen LogP contribution in [0.4, 0.5) is 4.39 Å². The number of hydrogen-bond donors (Lipinski definition) is 2. The van der Waals surface area contributed by atoms with Crippen LogP contribution in [0.3, 0.4) is 0 Å². The molecule has 0 aliphatic carbocycles. The van der Waals surface area contributed by atoms with Crippen LogP contribution in [0, 0.1) is 19.7 Å². The van der Waals surface area contributed by atoms with Gasteiger partial charge < -0.3 is 5.11 Å². The minimum Gasteiger partial charge on any atom is -0.478 e. The number of carboxylic acid groups (broad SMARTS) is 1. The fourth-order valence-corrected chi connectivity index (χ4v) is 4.95. The molecule has 3 rings (SSSR count). The van der Waals surface area contributed by atoms with Crippen LogP contribution in [0.5, 0.6) is 0 Å².